The summed E-state index contributed by atoms with van der Waals surface area (Å²) in [7, 11) is 3.58. The van der Waals surface area contributed by atoms with Gasteiger partial charge in [-0.15, -0.1) is 0 Å². The van der Waals surface area contributed by atoms with Crippen molar-refractivity contribution in [2.45, 2.75) is 50.9 Å². The summed E-state index contributed by atoms with van der Waals surface area (Å²) in [5.74, 6) is 0.863. The van der Waals surface area contributed by atoms with Crippen molar-refractivity contribution in [3.05, 3.63) is 0 Å². The van der Waals surface area contributed by atoms with E-state index in [-0.39, 0.29) is 12.2 Å². The van der Waals surface area contributed by atoms with Crippen molar-refractivity contribution >= 4 is 0 Å². The van der Waals surface area contributed by atoms with Crippen LogP contribution >= 0.6 is 0 Å². The van der Waals surface area contributed by atoms with Crippen LogP contribution in [0.25, 0.3) is 0 Å². The average Bonchev–Trinajstić information content (AvgIpc) is 3.07. The molecule has 0 spiro atoms. The van der Waals surface area contributed by atoms with Crippen LogP contribution in [0.3, 0.4) is 0 Å². The first-order valence-corrected chi connectivity index (χ1v) is 7.79. The lowest BCUT2D eigenvalue weighted by atomic mass is 9.97. The molecule has 0 aromatic carbocycles. The average molecular weight is 270 g/mol. The Kier molecular flexibility index (Phi) is 6.07. The molecule has 2 rings (SSSR count). The van der Waals surface area contributed by atoms with Gasteiger partial charge in [0.2, 0.25) is 0 Å². The van der Waals surface area contributed by atoms with Crippen LogP contribution in [0.2, 0.25) is 0 Å². The van der Waals surface area contributed by atoms with Crippen LogP contribution in [0.1, 0.15) is 32.6 Å². The number of hydrogen-bond donors (Lipinski definition) is 1. The van der Waals surface area contributed by atoms with E-state index in [1.165, 1.54) is 25.7 Å². The Morgan fingerprint density at radius 1 is 1.11 bits per heavy atom. The van der Waals surface area contributed by atoms with Crippen LogP contribution in [0.5, 0.6) is 0 Å². The van der Waals surface area contributed by atoms with Crippen molar-refractivity contribution < 1.29 is 9.47 Å². The second-order valence-corrected chi connectivity index (χ2v) is 5.98. The predicted molar refractivity (Wildman–Crippen MR) is 77.5 cm³/mol. The summed E-state index contributed by atoms with van der Waals surface area (Å²) in [6.45, 7) is 6.42. The molecule has 3 unspecified atom stereocenters. The largest absolute Gasteiger partial charge is 0.377 e. The zero-order valence-corrected chi connectivity index (χ0v) is 12.7. The van der Waals surface area contributed by atoms with Crippen molar-refractivity contribution in [1.82, 2.24) is 10.2 Å². The number of methoxy groups -OCH3 is 2. The molecule has 1 N–H and O–H groups in total. The Labute approximate surface area is 117 Å². The SMILES string of the molecule is CCNC(CN1CC(OC)C(OC)C1)C1CCCC1. The highest BCUT2D eigenvalue weighted by Crippen LogP contribution is 2.29. The maximum atomic E-state index is 5.52. The molecule has 0 amide bonds. The van der Waals surface area contributed by atoms with E-state index >= 15 is 0 Å². The molecule has 1 saturated heterocycles. The number of rotatable bonds is 7. The zero-order valence-electron chi connectivity index (χ0n) is 12.7. The quantitative estimate of drug-likeness (QED) is 0.760. The van der Waals surface area contributed by atoms with Gasteiger partial charge in [-0.25, -0.2) is 0 Å². The van der Waals surface area contributed by atoms with Crippen LogP contribution in [-0.2, 0) is 9.47 Å². The van der Waals surface area contributed by atoms with Gasteiger partial charge in [0.15, 0.2) is 0 Å². The molecule has 3 atom stereocenters. The number of likely N-dealkylation sites (tertiary alicyclic amines) is 1. The Morgan fingerprint density at radius 3 is 2.16 bits per heavy atom. The van der Waals surface area contributed by atoms with Crippen LogP contribution < -0.4 is 5.32 Å². The molecule has 1 saturated carbocycles. The summed E-state index contributed by atoms with van der Waals surface area (Å²) in [4.78, 5) is 2.51. The maximum absolute atomic E-state index is 5.52. The third-order valence-electron chi connectivity index (χ3n) is 4.79. The van der Waals surface area contributed by atoms with Gasteiger partial charge >= 0.3 is 0 Å². The normalized spacial score (nSPS) is 31.1. The first kappa shape index (κ1) is 15.2. The van der Waals surface area contributed by atoms with Gasteiger partial charge in [-0.05, 0) is 25.3 Å². The molecule has 4 heteroatoms. The van der Waals surface area contributed by atoms with Gasteiger partial charge in [-0.2, -0.15) is 0 Å². The molecule has 2 aliphatic rings. The monoisotopic (exact) mass is 270 g/mol. The first-order valence-electron chi connectivity index (χ1n) is 7.79. The lowest BCUT2D eigenvalue weighted by Gasteiger charge is -2.29. The minimum atomic E-state index is 0.232. The highest BCUT2D eigenvalue weighted by atomic mass is 16.5. The van der Waals surface area contributed by atoms with Crippen molar-refractivity contribution in [3.63, 3.8) is 0 Å². The van der Waals surface area contributed by atoms with Crippen LogP contribution in [0.15, 0.2) is 0 Å². The minimum absolute atomic E-state index is 0.232. The third kappa shape index (κ3) is 3.91. The van der Waals surface area contributed by atoms with E-state index in [1.54, 1.807) is 14.2 Å². The molecule has 1 aliphatic heterocycles. The van der Waals surface area contributed by atoms with Crippen molar-refractivity contribution in [2.75, 3.05) is 40.4 Å². The Bertz CT molecular complexity index is 245. The summed E-state index contributed by atoms with van der Waals surface area (Å²) in [5, 5.41) is 3.69. The molecule has 4 nitrogen and oxygen atoms in total. The van der Waals surface area contributed by atoms with Gasteiger partial charge < -0.3 is 14.8 Å². The highest BCUT2D eigenvalue weighted by molar-refractivity contribution is 4.90. The smallest absolute Gasteiger partial charge is 0.0971 e. The van der Waals surface area contributed by atoms with Gasteiger partial charge in [0.25, 0.3) is 0 Å². The standard InChI is InChI=1S/C15H30N2O2/c1-4-16-13(12-7-5-6-8-12)9-17-10-14(18-2)15(11-17)19-3/h12-16H,4-11H2,1-3H3. The van der Waals surface area contributed by atoms with E-state index in [0.29, 0.717) is 6.04 Å². The number of nitrogens with zero attached hydrogens (tertiary/aromatic N) is 1. The number of hydrogen-bond acceptors (Lipinski definition) is 4. The van der Waals surface area contributed by atoms with E-state index in [1.807, 2.05) is 0 Å². The minimum Gasteiger partial charge on any atom is -0.377 e. The Morgan fingerprint density at radius 2 is 1.68 bits per heavy atom. The van der Waals surface area contributed by atoms with E-state index < -0.39 is 0 Å². The summed E-state index contributed by atoms with van der Waals surface area (Å²) >= 11 is 0. The molecular weight excluding hydrogens is 240 g/mol. The van der Waals surface area contributed by atoms with E-state index in [0.717, 1.165) is 32.1 Å². The van der Waals surface area contributed by atoms with Gasteiger partial charge in [-0.3, -0.25) is 4.90 Å². The predicted octanol–water partition coefficient (Wildman–Crippen LogP) is 1.50. The number of nitrogens with one attached hydrogen (secondary N) is 1. The molecule has 2 fully saturated rings. The van der Waals surface area contributed by atoms with E-state index in [9.17, 15) is 0 Å². The molecule has 1 aliphatic carbocycles. The van der Waals surface area contributed by atoms with Crippen molar-refractivity contribution in [3.8, 4) is 0 Å². The number of ether oxygens (including phenoxy) is 2. The summed E-state index contributed by atoms with van der Waals surface area (Å²) in [6.07, 6.45) is 6.08. The summed E-state index contributed by atoms with van der Waals surface area (Å²) in [6, 6.07) is 0.639. The second-order valence-electron chi connectivity index (χ2n) is 5.98. The highest BCUT2D eigenvalue weighted by Gasteiger charge is 2.35. The Hall–Kier alpha value is -0.160. The van der Waals surface area contributed by atoms with Gasteiger partial charge in [0, 0.05) is 39.9 Å². The zero-order chi connectivity index (χ0) is 13.7. The first-order chi connectivity index (χ1) is 9.28. The second kappa shape index (κ2) is 7.58. The summed E-state index contributed by atoms with van der Waals surface area (Å²) in [5.41, 5.74) is 0. The van der Waals surface area contributed by atoms with E-state index in [4.69, 9.17) is 9.47 Å². The molecule has 19 heavy (non-hydrogen) atoms. The fourth-order valence-electron chi connectivity index (χ4n) is 3.70. The fraction of sp³-hybridized carbons (Fsp3) is 1.00. The van der Waals surface area contributed by atoms with Gasteiger partial charge in [0.05, 0.1) is 12.2 Å². The molecule has 112 valence electrons. The lowest BCUT2D eigenvalue weighted by Crippen LogP contribution is -2.44. The summed E-state index contributed by atoms with van der Waals surface area (Å²) < 4.78 is 11.0. The number of likely N-dealkylation sites (N-methyl/N-ethyl adjacent to an activating group) is 1. The fourth-order valence-corrected chi connectivity index (χ4v) is 3.70. The van der Waals surface area contributed by atoms with Crippen LogP contribution in [0, 0.1) is 5.92 Å². The molecule has 1 heterocycles. The molecule has 0 radical (unpaired) electrons. The molecular formula is C15H30N2O2. The van der Waals surface area contributed by atoms with Crippen LogP contribution in [0.4, 0.5) is 0 Å². The lowest BCUT2D eigenvalue weighted by molar-refractivity contribution is -0.00461. The molecule has 0 aromatic rings. The van der Waals surface area contributed by atoms with E-state index in [2.05, 4.69) is 17.1 Å². The molecule has 0 aromatic heterocycles. The van der Waals surface area contributed by atoms with Crippen LogP contribution in [-0.4, -0.2) is 63.5 Å². The van der Waals surface area contributed by atoms with Crippen molar-refractivity contribution in [1.29, 1.82) is 0 Å². The third-order valence-corrected chi connectivity index (χ3v) is 4.79. The van der Waals surface area contributed by atoms with Gasteiger partial charge in [-0.1, -0.05) is 19.8 Å². The topological polar surface area (TPSA) is 33.7 Å². The van der Waals surface area contributed by atoms with Crippen molar-refractivity contribution in [2.24, 2.45) is 5.92 Å². The van der Waals surface area contributed by atoms with Gasteiger partial charge in [0.1, 0.15) is 0 Å². The molecule has 0 bridgehead atoms. The Balaban J connectivity index is 1.86. The maximum Gasteiger partial charge on any atom is 0.0971 e.